The van der Waals surface area contributed by atoms with E-state index < -0.39 is 16.4 Å². The second-order valence-corrected chi connectivity index (χ2v) is 10.2. The molecule has 4 heteroatoms. The normalized spacial score (nSPS) is 55.0. The summed E-state index contributed by atoms with van der Waals surface area (Å²) in [5, 5.41) is 20.9. The molecule has 25 heavy (non-hydrogen) atoms. The van der Waals surface area contributed by atoms with Crippen LogP contribution in [0, 0.1) is 28.6 Å². The Morgan fingerprint density at radius 2 is 1.96 bits per heavy atom. The summed E-state index contributed by atoms with van der Waals surface area (Å²) in [5.41, 5.74) is -0.194. The van der Waals surface area contributed by atoms with Crippen LogP contribution in [0.2, 0.25) is 0 Å². The van der Waals surface area contributed by atoms with Crippen molar-refractivity contribution in [2.45, 2.75) is 82.8 Å². The molecule has 0 saturated heterocycles. The van der Waals surface area contributed by atoms with Crippen LogP contribution in [0.1, 0.15) is 65.7 Å². The van der Waals surface area contributed by atoms with E-state index in [4.69, 9.17) is 11.6 Å². The van der Waals surface area contributed by atoms with Crippen LogP contribution in [0.3, 0.4) is 0 Å². The second-order valence-electron chi connectivity index (χ2n) is 9.64. The SMILES string of the molecule is CC(=O)[C@@]1(O)C(Cl)C[C@H]2[C@@H]3CC=C4C[C@@H](O)CC[C@]4(C)[C@H]3CC[C@@]21C. The van der Waals surface area contributed by atoms with Gasteiger partial charge in [0.25, 0.3) is 0 Å². The Kier molecular flexibility index (Phi) is 4.00. The van der Waals surface area contributed by atoms with Gasteiger partial charge >= 0.3 is 0 Å². The zero-order valence-electron chi connectivity index (χ0n) is 15.6. The first kappa shape index (κ1) is 18.0. The van der Waals surface area contributed by atoms with Crippen LogP contribution in [0.5, 0.6) is 0 Å². The largest absolute Gasteiger partial charge is 0.393 e. The Balaban J connectivity index is 1.72. The Morgan fingerprint density at radius 1 is 1.24 bits per heavy atom. The van der Waals surface area contributed by atoms with Gasteiger partial charge in [-0.15, -0.1) is 11.6 Å². The summed E-state index contributed by atoms with van der Waals surface area (Å²) < 4.78 is 0. The molecule has 0 aromatic rings. The summed E-state index contributed by atoms with van der Waals surface area (Å²) in [6, 6.07) is 0. The van der Waals surface area contributed by atoms with Crippen LogP contribution in [0.4, 0.5) is 0 Å². The van der Waals surface area contributed by atoms with Crippen molar-refractivity contribution in [3.05, 3.63) is 11.6 Å². The molecule has 0 radical (unpaired) electrons. The molecule has 2 N–H and O–H groups in total. The number of halogens is 1. The van der Waals surface area contributed by atoms with Crippen molar-refractivity contribution in [1.82, 2.24) is 0 Å². The first-order valence-corrected chi connectivity index (χ1v) is 10.3. The predicted molar refractivity (Wildman–Crippen MR) is 98.4 cm³/mol. The minimum Gasteiger partial charge on any atom is -0.393 e. The van der Waals surface area contributed by atoms with Crippen molar-refractivity contribution < 1.29 is 15.0 Å². The molecule has 0 bridgehead atoms. The van der Waals surface area contributed by atoms with Gasteiger partial charge in [0.15, 0.2) is 5.78 Å². The van der Waals surface area contributed by atoms with Crippen LogP contribution in [0.25, 0.3) is 0 Å². The van der Waals surface area contributed by atoms with Crippen molar-refractivity contribution in [3.8, 4) is 0 Å². The molecule has 0 spiro atoms. The van der Waals surface area contributed by atoms with E-state index in [1.54, 1.807) is 0 Å². The topological polar surface area (TPSA) is 57.5 Å². The Hall–Kier alpha value is -0.380. The molecule has 0 aliphatic heterocycles. The summed E-state index contributed by atoms with van der Waals surface area (Å²) >= 11 is 6.58. The van der Waals surface area contributed by atoms with E-state index in [0.29, 0.717) is 17.8 Å². The molecule has 4 aliphatic carbocycles. The van der Waals surface area contributed by atoms with Crippen molar-refractivity contribution in [2.24, 2.45) is 28.6 Å². The van der Waals surface area contributed by atoms with Crippen molar-refractivity contribution in [3.63, 3.8) is 0 Å². The third-order valence-corrected chi connectivity index (χ3v) is 9.28. The molecule has 0 heterocycles. The number of hydrogen-bond donors (Lipinski definition) is 2. The van der Waals surface area contributed by atoms with Gasteiger partial charge in [-0.2, -0.15) is 0 Å². The lowest BCUT2D eigenvalue weighted by Crippen LogP contribution is -2.58. The molecule has 4 rings (SSSR count). The molecule has 8 atom stereocenters. The second kappa shape index (κ2) is 5.56. The summed E-state index contributed by atoms with van der Waals surface area (Å²) in [6.07, 6.45) is 8.56. The van der Waals surface area contributed by atoms with E-state index in [0.717, 1.165) is 44.9 Å². The van der Waals surface area contributed by atoms with Crippen LogP contribution >= 0.6 is 11.6 Å². The quantitative estimate of drug-likeness (QED) is 0.547. The number of rotatable bonds is 1. The first-order valence-electron chi connectivity index (χ1n) is 9.89. The molecule has 4 aliphatic rings. The molecule has 0 aromatic heterocycles. The van der Waals surface area contributed by atoms with Crippen LogP contribution < -0.4 is 0 Å². The summed E-state index contributed by atoms with van der Waals surface area (Å²) in [6.45, 7) is 5.98. The highest BCUT2D eigenvalue weighted by Crippen LogP contribution is 2.67. The van der Waals surface area contributed by atoms with Gasteiger partial charge in [0, 0.05) is 5.41 Å². The molecule has 140 valence electrons. The number of allylic oxidation sites excluding steroid dienone is 1. The van der Waals surface area contributed by atoms with Gasteiger partial charge in [-0.3, -0.25) is 4.79 Å². The maximum absolute atomic E-state index is 12.4. The number of carbonyl (C=O) groups excluding carboxylic acids is 1. The molecule has 0 amide bonds. The molecule has 0 aromatic carbocycles. The van der Waals surface area contributed by atoms with Crippen molar-refractivity contribution in [2.75, 3.05) is 0 Å². The van der Waals surface area contributed by atoms with E-state index in [1.165, 1.54) is 12.5 Å². The predicted octanol–water partition coefficient (Wildman–Crippen LogP) is 3.85. The maximum Gasteiger partial charge on any atom is 0.163 e. The summed E-state index contributed by atoms with van der Waals surface area (Å²) in [4.78, 5) is 12.4. The maximum atomic E-state index is 12.4. The molecule has 3 fully saturated rings. The number of fused-ring (bicyclic) bond motifs is 5. The molecule has 3 saturated carbocycles. The monoisotopic (exact) mass is 366 g/mol. The minimum absolute atomic E-state index is 0.169. The smallest absolute Gasteiger partial charge is 0.163 e. The lowest BCUT2D eigenvalue weighted by molar-refractivity contribution is -0.158. The number of ketones is 1. The highest BCUT2D eigenvalue weighted by atomic mass is 35.5. The summed E-state index contributed by atoms with van der Waals surface area (Å²) in [5.74, 6) is 1.19. The van der Waals surface area contributed by atoms with Crippen LogP contribution in [0.15, 0.2) is 11.6 Å². The van der Waals surface area contributed by atoms with Gasteiger partial charge < -0.3 is 10.2 Å². The van der Waals surface area contributed by atoms with Crippen molar-refractivity contribution >= 4 is 17.4 Å². The van der Waals surface area contributed by atoms with Crippen LogP contribution in [-0.2, 0) is 4.79 Å². The van der Waals surface area contributed by atoms with Crippen molar-refractivity contribution in [1.29, 1.82) is 0 Å². The number of carbonyl (C=O) groups is 1. The molecular weight excluding hydrogens is 336 g/mol. The highest BCUT2D eigenvalue weighted by Gasteiger charge is 2.68. The van der Waals surface area contributed by atoms with Gasteiger partial charge in [-0.05, 0) is 75.0 Å². The minimum atomic E-state index is -1.39. The van der Waals surface area contributed by atoms with E-state index >= 15 is 0 Å². The number of alkyl halides is 1. The van der Waals surface area contributed by atoms with Gasteiger partial charge in [0.2, 0.25) is 0 Å². The zero-order chi connectivity index (χ0) is 18.2. The van der Waals surface area contributed by atoms with E-state index in [-0.39, 0.29) is 17.3 Å². The van der Waals surface area contributed by atoms with E-state index in [1.807, 2.05) is 0 Å². The number of hydrogen-bond acceptors (Lipinski definition) is 3. The highest BCUT2D eigenvalue weighted by molar-refractivity contribution is 6.24. The number of aliphatic hydroxyl groups is 2. The van der Waals surface area contributed by atoms with Gasteiger partial charge in [-0.1, -0.05) is 25.5 Å². The standard InChI is InChI=1S/C21H31ClO3/c1-12(23)21(25)18(22)11-17-15-5-4-13-10-14(24)6-8-19(13,2)16(15)7-9-20(17,21)3/h4,14-18,24-25H,5-11H2,1-3H3/t14-,15+,16-,17-,18?,19-,20-,21+/m0/s1. The number of aliphatic hydroxyl groups excluding tert-OH is 1. The van der Waals surface area contributed by atoms with E-state index in [9.17, 15) is 15.0 Å². The zero-order valence-corrected chi connectivity index (χ0v) is 16.4. The van der Waals surface area contributed by atoms with Gasteiger partial charge in [0.1, 0.15) is 5.60 Å². The molecule has 3 nitrogen and oxygen atoms in total. The Morgan fingerprint density at radius 3 is 2.64 bits per heavy atom. The van der Waals surface area contributed by atoms with Crippen LogP contribution in [-0.4, -0.2) is 33.1 Å². The fraction of sp³-hybridized carbons (Fsp3) is 0.857. The Labute approximate surface area is 155 Å². The molecular formula is C21H31ClO3. The fourth-order valence-electron chi connectivity index (χ4n) is 7.24. The van der Waals surface area contributed by atoms with Gasteiger partial charge in [-0.25, -0.2) is 0 Å². The first-order chi connectivity index (χ1) is 11.6. The lowest BCUT2D eigenvalue weighted by atomic mass is 9.47. The number of Topliss-reactive ketones (excluding diaryl/α,β-unsaturated/α-hetero) is 1. The third-order valence-electron chi connectivity index (χ3n) is 8.79. The molecule has 1 unspecified atom stereocenters. The summed E-state index contributed by atoms with van der Waals surface area (Å²) in [7, 11) is 0. The third kappa shape index (κ3) is 2.15. The Bertz CT molecular complexity index is 631. The average Bonchev–Trinajstić information content (AvgIpc) is 2.77. The fourth-order valence-corrected chi connectivity index (χ4v) is 7.84. The average molecular weight is 367 g/mol. The van der Waals surface area contributed by atoms with E-state index in [2.05, 4.69) is 19.9 Å². The lowest BCUT2D eigenvalue weighted by Gasteiger charge is -2.58. The van der Waals surface area contributed by atoms with Gasteiger partial charge in [0.05, 0.1) is 11.5 Å².